The van der Waals surface area contributed by atoms with Crippen LogP contribution >= 0.6 is 0 Å². The standard InChI is InChI=1S/C25H22F3N5O4/c1-13(29)22-21(23(34)30-11-14-3-5-15(6-4-14)12-31-35)33-24(37-22)17-7-9-18(36-2)20-16(17)8-10-19(32-20)25(26,27)28/h3-10,13H,11-12,29H2,1-2H3,(H,30,34)/t13-/m0/s1. The molecule has 2 aromatic heterocycles. The summed E-state index contributed by atoms with van der Waals surface area (Å²) in [5, 5.41) is 5.88. The monoisotopic (exact) mass is 513 g/mol. The van der Waals surface area contributed by atoms with Crippen LogP contribution in [0.5, 0.6) is 5.75 Å². The number of nitroso groups, excluding NO2 is 1. The number of methoxy groups -OCH3 is 1. The van der Waals surface area contributed by atoms with Crippen LogP contribution in [0.3, 0.4) is 0 Å². The first kappa shape index (κ1) is 25.8. The Hall–Kier alpha value is -4.32. The zero-order valence-corrected chi connectivity index (χ0v) is 19.8. The van der Waals surface area contributed by atoms with Gasteiger partial charge in [0, 0.05) is 17.5 Å². The maximum atomic E-state index is 13.2. The Morgan fingerprint density at radius 1 is 1.11 bits per heavy atom. The van der Waals surface area contributed by atoms with E-state index >= 15 is 0 Å². The molecule has 0 radical (unpaired) electrons. The number of nitrogens with two attached hydrogens (primary N) is 1. The number of carbonyl (C=O) groups excluding carboxylic acids is 1. The highest BCUT2D eigenvalue weighted by molar-refractivity contribution is 5.98. The second-order valence-corrected chi connectivity index (χ2v) is 8.21. The summed E-state index contributed by atoms with van der Waals surface area (Å²) in [4.78, 5) is 31.4. The molecule has 0 aliphatic carbocycles. The van der Waals surface area contributed by atoms with Gasteiger partial charge in [0.15, 0.2) is 11.5 Å². The van der Waals surface area contributed by atoms with Gasteiger partial charge in [-0.2, -0.15) is 18.1 Å². The summed E-state index contributed by atoms with van der Waals surface area (Å²) in [5.41, 5.74) is 6.70. The summed E-state index contributed by atoms with van der Waals surface area (Å²) in [6.45, 7) is 1.84. The average molecular weight is 513 g/mol. The Morgan fingerprint density at radius 3 is 2.43 bits per heavy atom. The number of nitrogens with zero attached hydrogens (tertiary/aromatic N) is 3. The maximum absolute atomic E-state index is 13.2. The fourth-order valence-electron chi connectivity index (χ4n) is 3.72. The normalized spacial score (nSPS) is 12.4. The molecule has 37 heavy (non-hydrogen) atoms. The zero-order valence-electron chi connectivity index (χ0n) is 19.8. The van der Waals surface area contributed by atoms with Crippen molar-refractivity contribution in [3.8, 4) is 17.2 Å². The first-order chi connectivity index (χ1) is 17.6. The van der Waals surface area contributed by atoms with Crippen molar-refractivity contribution in [2.75, 3.05) is 7.11 Å². The van der Waals surface area contributed by atoms with Crippen LogP contribution in [-0.4, -0.2) is 23.0 Å². The second-order valence-electron chi connectivity index (χ2n) is 8.21. The molecule has 12 heteroatoms. The van der Waals surface area contributed by atoms with Crippen molar-refractivity contribution < 1.29 is 27.1 Å². The molecule has 192 valence electrons. The molecule has 0 spiro atoms. The molecule has 1 atom stereocenters. The van der Waals surface area contributed by atoms with Gasteiger partial charge in [-0.3, -0.25) is 4.79 Å². The summed E-state index contributed by atoms with van der Waals surface area (Å²) < 4.78 is 50.8. The molecule has 4 rings (SSSR count). The summed E-state index contributed by atoms with van der Waals surface area (Å²) in [7, 11) is 1.32. The number of aromatic nitrogens is 2. The van der Waals surface area contributed by atoms with E-state index in [0.29, 0.717) is 10.9 Å². The molecule has 2 aromatic carbocycles. The van der Waals surface area contributed by atoms with Gasteiger partial charge in [-0.25, -0.2) is 9.97 Å². The van der Waals surface area contributed by atoms with Crippen LogP contribution in [0.2, 0.25) is 0 Å². The highest BCUT2D eigenvalue weighted by atomic mass is 19.4. The topological polar surface area (TPSA) is 133 Å². The molecule has 1 amide bonds. The molecule has 0 unspecified atom stereocenters. The van der Waals surface area contributed by atoms with Crippen LogP contribution in [-0.2, 0) is 19.3 Å². The van der Waals surface area contributed by atoms with Crippen LogP contribution in [0.4, 0.5) is 13.2 Å². The number of rotatable bonds is 8. The number of hydrogen-bond donors (Lipinski definition) is 2. The lowest BCUT2D eigenvalue weighted by Crippen LogP contribution is -2.25. The highest BCUT2D eigenvalue weighted by Crippen LogP contribution is 2.37. The summed E-state index contributed by atoms with van der Waals surface area (Å²) in [5.74, 6) is -0.297. The van der Waals surface area contributed by atoms with E-state index < -0.39 is 23.8 Å². The number of hydrogen-bond acceptors (Lipinski definition) is 8. The smallest absolute Gasteiger partial charge is 0.433 e. The van der Waals surface area contributed by atoms with Gasteiger partial charge in [-0.15, -0.1) is 0 Å². The molecule has 9 nitrogen and oxygen atoms in total. The minimum absolute atomic E-state index is 0.00243. The van der Waals surface area contributed by atoms with Crippen LogP contribution in [0, 0.1) is 4.91 Å². The summed E-state index contributed by atoms with van der Waals surface area (Å²) in [6.07, 6.45) is -4.64. The van der Waals surface area contributed by atoms with Crippen molar-refractivity contribution in [1.82, 2.24) is 15.3 Å². The number of fused-ring (bicyclic) bond motifs is 1. The second kappa shape index (κ2) is 10.3. The van der Waals surface area contributed by atoms with E-state index in [2.05, 4.69) is 20.5 Å². The third kappa shape index (κ3) is 5.43. The number of nitrogens with one attached hydrogen (secondary N) is 1. The zero-order chi connectivity index (χ0) is 26.7. The number of alkyl halides is 3. The van der Waals surface area contributed by atoms with E-state index in [0.717, 1.165) is 17.2 Å². The quantitative estimate of drug-likeness (QED) is 0.312. The van der Waals surface area contributed by atoms with Gasteiger partial charge in [-0.05, 0) is 42.3 Å². The number of carbonyl (C=O) groups is 1. The van der Waals surface area contributed by atoms with E-state index in [1.165, 1.54) is 19.2 Å². The van der Waals surface area contributed by atoms with Gasteiger partial charge in [0.2, 0.25) is 5.89 Å². The lowest BCUT2D eigenvalue weighted by Gasteiger charge is -2.11. The molecular weight excluding hydrogens is 491 g/mol. The molecule has 0 aliphatic heterocycles. The predicted molar refractivity (Wildman–Crippen MR) is 129 cm³/mol. The van der Waals surface area contributed by atoms with E-state index in [1.807, 2.05) is 0 Å². The minimum Gasteiger partial charge on any atom is -0.494 e. The van der Waals surface area contributed by atoms with Crippen molar-refractivity contribution >= 4 is 16.8 Å². The van der Waals surface area contributed by atoms with Crippen molar-refractivity contribution in [1.29, 1.82) is 0 Å². The SMILES string of the molecule is COc1ccc(-c2nc(C(=O)NCc3ccc(CN=O)cc3)c([C@H](C)N)o2)c2ccc(C(F)(F)F)nc12. The van der Waals surface area contributed by atoms with E-state index in [4.69, 9.17) is 14.9 Å². The Bertz CT molecular complexity index is 1450. The first-order valence-electron chi connectivity index (χ1n) is 11.1. The predicted octanol–water partition coefficient (Wildman–Crippen LogP) is 5.13. The molecule has 0 saturated heterocycles. The molecular formula is C25H22F3N5O4. The summed E-state index contributed by atoms with van der Waals surface area (Å²) in [6, 6.07) is 11.4. The van der Waals surface area contributed by atoms with Crippen LogP contribution in [0.1, 0.15) is 46.0 Å². The van der Waals surface area contributed by atoms with Crippen molar-refractivity contribution in [3.05, 3.63) is 81.7 Å². The van der Waals surface area contributed by atoms with Crippen molar-refractivity contribution in [2.24, 2.45) is 10.9 Å². The molecule has 0 aliphatic rings. The van der Waals surface area contributed by atoms with Crippen molar-refractivity contribution in [3.63, 3.8) is 0 Å². The molecule has 0 fully saturated rings. The lowest BCUT2D eigenvalue weighted by atomic mass is 10.1. The highest BCUT2D eigenvalue weighted by Gasteiger charge is 2.33. The van der Waals surface area contributed by atoms with E-state index in [9.17, 15) is 22.9 Å². The lowest BCUT2D eigenvalue weighted by molar-refractivity contribution is -0.140. The van der Waals surface area contributed by atoms with Gasteiger partial charge in [0.05, 0.1) is 13.2 Å². The molecule has 0 bridgehead atoms. The van der Waals surface area contributed by atoms with Gasteiger partial charge in [0.1, 0.15) is 23.5 Å². The number of ether oxygens (including phenoxy) is 1. The number of amides is 1. The Labute approximate surface area is 208 Å². The molecule has 2 heterocycles. The van der Waals surface area contributed by atoms with Crippen molar-refractivity contribution in [2.45, 2.75) is 32.2 Å². The van der Waals surface area contributed by atoms with Gasteiger partial charge in [0.25, 0.3) is 5.91 Å². The summed E-state index contributed by atoms with van der Waals surface area (Å²) >= 11 is 0. The Morgan fingerprint density at radius 2 is 1.81 bits per heavy atom. The number of halogens is 3. The number of benzene rings is 2. The first-order valence-corrected chi connectivity index (χ1v) is 11.1. The third-order valence-corrected chi connectivity index (χ3v) is 5.57. The number of pyridine rings is 1. The number of oxazole rings is 1. The Balaban J connectivity index is 1.68. The minimum atomic E-state index is -4.64. The van der Waals surface area contributed by atoms with Gasteiger partial charge < -0.3 is 20.2 Å². The van der Waals surface area contributed by atoms with Crippen LogP contribution < -0.4 is 15.8 Å². The maximum Gasteiger partial charge on any atom is 0.433 e. The fraction of sp³-hybridized carbons (Fsp3) is 0.240. The largest absolute Gasteiger partial charge is 0.494 e. The van der Waals surface area contributed by atoms with Gasteiger partial charge >= 0.3 is 6.18 Å². The van der Waals surface area contributed by atoms with E-state index in [-0.39, 0.29) is 41.7 Å². The van der Waals surface area contributed by atoms with Gasteiger partial charge in [-0.1, -0.05) is 29.4 Å². The Kier molecular flexibility index (Phi) is 7.21. The van der Waals surface area contributed by atoms with Crippen LogP contribution in [0.15, 0.2) is 58.1 Å². The molecule has 3 N–H and O–H groups in total. The molecule has 0 saturated carbocycles. The van der Waals surface area contributed by atoms with Crippen LogP contribution in [0.25, 0.3) is 22.4 Å². The van der Waals surface area contributed by atoms with E-state index in [1.54, 1.807) is 37.3 Å². The third-order valence-electron chi connectivity index (χ3n) is 5.57. The average Bonchev–Trinajstić information content (AvgIpc) is 3.32. The molecule has 4 aromatic rings. The fourth-order valence-corrected chi connectivity index (χ4v) is 3.72.